The van der Waals surface area contributed by atoms with Gasteiger partial charge in [0.25, 0.3) is 0 Å². The minimum Gasteiger partial charge on any atom is -0.310 e. The number of hydrogen-bond donors (Lipinski definition) is 1. The summed E-state index contributed by atoms with van der Waals surface area (Å²) in [4.78, 5) is 31.3. The van der Waals surface area contributed by atoms with Crippen LogP contribution >= 0.6 is 27.3 Å². The fourth-order valence-electron chi connectivity index (χ4n) is 2.41. The number of anilines is 2. The molecular weight excluding hydrogens is 366 g/mol. The van der Waals surface area contributed by atoms with E-state index in [2.05, 4.69) is 26.2 Å². The van der Waals surface area contributed by atoms with Gasteiger partial charge in [-0.05, 0) is 35.0 Å². The topological polar surface area (TPSA) is 62.3 Å². The zero-order chi connectivity index (χ0) is 15.7. The fourth-order valence-corrected chi connectivity index (χ4v) is 3.57. The number of nitrogens with zero attached hydrogens (tertiary/aromatic N) is 2. The Morgan fingerprint density at radius 1 is 1.45 bits per heavy atom. The maximum atomic E-state index is 12.3. The van der Waals surface area contributed by atoms with Crippen LogP contribution in [0.4, 0.5) is 10.8 Å². The number of hydrogen-bond acceptors (Lipinski definition) is 4. The predicted molar refractivity (Wildman–Crippen MR) is 90.1 cm³/mol. The van der Waals surface area contributed by atoms with Gasteiger partial charge in [0.05, 0.1) is 11.6 Å². The van der Waals surface area contributed by atoms with Crippen LogP contribution in [0.15, 0.2) is 34.9 Å². The smallest absolute Gasteiger partial charge is 0.231 e. The van der Waals surface area contributed by atoms with E-state index in [-0.39, 0.29) is 24.2 Å². The van der Waals surface area contributed by atoms with Crippen molar-refractivity contribution in [3.63, 3.8) is 0 Å². The van der Waals surface area contributed by atoms with Gasteiger partial charge in [-0.25, -0.2) is 4.98 Å². The summed E-state index contributed by atoms with van der Waals surface area (Å²) in [6, 6.07) is 7.52. The SMILES string of the molecule is Cc1cnc(NC(=O)[C@H]2CC(=O)N(c3ccccc3Br)C2)s1. The van der Waals surface area contributed by atoms with E-state index >= 15 is 0 Å². The predicted octanol–water partition coefficient (Wildman–Crippen LogP) is 3.21. The van der Waals surface area contributed by atoms with E-state index < -0.39 is 0 Å². The quantitative estimate of drug-likeness (QED) is 0.890. The number of carbonyl (C=O) groups excluding carboxylic acids is 2. The van der Waals surface area contributed by atoms with Crippen molar-refractivity contribution in [3.8, 4) is 0 Å². The molecule has 1 fully saturated rings. The average Bonchev–Trinajstić information content (AvgIpc) is 3.06. The number of amides is 2. The normalized spacial score (nSPS) is 17.8. The minimum absolute atomic E-state index is 0.0395. The van der Waals surface area contributed by atoms with E-state index in [1.807, 2.05) is 31.2 Å². The van der Waals surface area contributed by atoms with Gasteiger partial charge in [-0.3, -0.25) is 9.59 Å². The van der Waals surface area contributed by atoms with Crippen LogP contribution in [0, 0.1) is 12.8 Å². The van der Waals surface area contributed by atoms with Crippen molar-refractivity contribution in [2.75, 3.05) is 16.8 Å². The molecule has 7 heteroatoms. The Morgan fingerprint density at radius 3 is 2.91 bits per heavy atom. The lowest BCUT2D eigenvalue weighted by molar-refractivity contribution is -0.122. The summed E-state index contributed by atoms with van der Waals surface area (Å²) in [5.41, 5.74) is 0.799. The van der Waals surface area contributed by atoms with Crippen LogP contribution in [0.5, 0.6) is 0 Å². The lowest BCUT2D eigenvalue weighted by Crippen LogP contribution is -2.28. The highest BCUT2D eigenvalue weighted by atomic mass is 79.9. The van der Waals surface area contributed by atoms with Crippen LogP contribution in [-0.4, -0.2) is 23.3 Å². The Hall–Kier alpha value is -1.73. The lowest BCUT2D eigenvalue weighted by atomic mass is 10.1. The van der Waals surface area contributed by atoms with Crippen LogP contribution in [0.25, 0.3) is 0 Å². The van der Waals surface area contributed by atoms with E-state index in [0.717, 1.165) is 15.0 Å². The first kappa shape index (κ1) is 15.2. The van der Waals surface area contributed by atoms with Crippen LogP contribution in [-0.2, 0) is 9.59 Å². The molecule has 2 amide bonds. The van der Waals surface area contributed by atoms with E-state index in [0.29, 0.717) is 11.7 Å². The van der Waals surface area contributed by atoms with Crippen molar-refractivity contribution in [2.24, 2.45) is 5.92 Å². The Balaban J connectivity index is 1.71. The molecule has 2 aromatic rings. The van der Waals surface area contributed by atoms with Gasteiger partial charge in [-0.2, -0.15) is 0 Å². The van der Waals surface area contributed by atoms with Crippen LogP contribution < -0.4 is 10.2 Å². The van der Waals surface area contributed by atoms with E-state index in [1.54, 1.807) is 11.1 Å². The third kappa shape index (κ3) is 3.05. The Kier molecular flexibility index (Phi) is 4.26. The summed E-state index contributed by atoms with van der Waals surface area (Å²) < 4.78 is 0.847. The number of aryl methyl sites for hydroxylation is 1. The van der Waals surface area contributed by atoms with Crippen molar-refractivity contribution in [2.45, 2.75) is 13.3 Å². The van der Waals surface area contributed by atoms with Gasteiger partial charge in [0, 0.05) is 28.5 Å². The monoisotopic (exact) mass is 379 g/mol. The molecule has 0 radical (unpaired) electrons. The molecule has 2 heterocycles. The van der Waals surface area contributed by atoms with Crippen LogP contribution in [0.3, 0.4) is 0 Å². The molecule has 1 aliphatic heterocycles. The highest BCUT2D eigenvalue weighted by Gasteiger charge is 2.36. The van der Waals surface area contributed by atoms with E-state index in [4.69, 9.17) is 0 Å². The Morgan fingerprint density at radius 2 is 2.23 bits per heavy atom. The number of rotatable bonds is 3. The molecule has 1 saturated heterocycles. The second-order valence-corrected chi connectivity index (χ2v) is 7.21. The highest BCUT2D eigenvalue weighted by Crippen LogP contribution is 2.31. The maximum absolute atomic E-state index is 12.3. The molecule has 3 rings (SSSR count). The van der Waals surface area contributed by atoms with Crippen LogP contribution in [0.2, 0.25) is 0 Å². The Labute approximate surface area is 140 Å². The molecule has 1 aromatic heterocycles. The van der Waals surface area contributed by atoms with Gasteiger partial charge in [0.15, 0.2) is 5.13 Å². The molecule has 114 valence electrons. The van der Waals surface area contributed by atoms with Crippen molar-refractivity contribution in [1.29, 1.82) is 0 Å². The number of para-hydroxylation sites is 1. The third-order valence-corrected chi connectivity index (χ3v) is 4.99. The van der Waals surface area contributed by atoms with Crippen molar-refractivity contribution in [3.05, 3.63) is 39.8 Å². The third-order valence-electron chi connectivity index (χ3n) is 3.49. The number of carbonyl (C=O) groups is 2. The molecule has 1 atom stereocenters. The molecule has 1 aromatic carbocycles. The molecule has 0 saturated carbocycles. The first-order chi connectivity index (χ1) is 10.5. The molecule has 22 heavy (non-hydrogen) atoms. The number of aromatic nitrogens is 1. The van der Waals surface area contributed by atoms with Crippen molar-refractivity contribution >= 4 is 49.9 Å². The minimum atomic E-state index is -0.358. The van der Waals surface area contributed by atoms with E-state index in [1.165, 1.54) is 11.3 Å². The summed E-state index contributed by atoms with van der Waals surface area (Å²) in [5.74, 6) is -0.552. The van der Waals surface area contributed by atoms with Gasteiger partial charge in [-0.15, -0.1) is 11.3 Å². The summed E-state index contributed by atoms with van der Waals surface area (Å²) in [5, 5.41) is 3.37. The Bertz CT molecular complexity index is 731. The second kappa shape index (κ2) is 6.18. The zero-order valence-electron chi connectivity index (χ0n) is 11.9. The largest absolute Gasteiger partial charge is 0.310 e. The number of halogens is 1. The highest BCUT2D eigenvalue weighted by molar-refractivity contribution is 9.10. The summed E-state index contributed by atoms with van der Waals surface area (Å²) >= 11 is 4.87. The first-order valence-electron chi connectivity index (χ1n) is 6.83. The van der Waals surface area contributed by atoms with Gasteiger partial charge in [-0.1, -0.05) is 12.1 Å². The summed E-state index contributed by atoms with van der Waals surface area (Å²) in [7, 11) is 0. The lowest BCUT2D eigenvalue weighted by Gasteiger charge is -2.18. The first-order valence-corrected chi connectivity index (χ1v) is 8.43. The number of benzene rings is 1. The fraction of sp³-hybridized carbons (Fsp3) is 0.267. The molecule has 5 nitrogen and oxygen atoms in total. The van der Waals surface area contributed by atoms with Crippen LogP contribution in [0.1, 0.15) is 11.3 Å². The summed E-state index contributed by atoms with van der Waals surface area (Å²) in [6.45, 7) is 2.32. The molecule has 1 N–H and O–H groups in total. The number of nitrogens with one attached hydrogen (secondary N) is 1. The molecule has 1 aliphatic rings. The van der Waals surface area contributed by atoms with Gasteiger partial charge >= 0.3 is 0 Å². The molecule has 0 unspecified atom stereocenters. The number of thiazole rings is 1. The maximum Gasteiger partial charge on any atom is 0.231 e. The summed E-state index contributed by atoms with van der Waals surface area (Å²) in [6.07, 6.45) is 1.94. The van der Waals surface area contributed by atoms with Gasteiger partial charge in [0.1, 0.15) is 0 Å². The molecule has 0 aliphatic carbocycles. The standard InChI is InChI=1S/C15H14BrN3O2S/c1-9-7-17-15(22-9)18-14(21)10-6-13(20)19(8-10)12-5-3-2-4-11(12)16/h2-5,7,10H,6,8H2,1H3,(H,17,18,21)/t10-/m0/s1. The molecule has 0 bridgehead atoms. The van der Waals surface area contributed by atoms with E-state index in [9.17, 15) is 9.59 Å². The molecular formula is C15H14BrN3O2S. The van der Waals surface area contributed by atoms with Gasteiger partial charge in [0.2, 0.25) is 11.8 Å². The van der Waals surface area contributed by atoms with Crippen molar-refractivity contribution in [1.82, 2.24) is 4.98 Å². The van der Waals surface area contributed by atoms with Gasteiger partial charge < -0.3 is 10.2 Å². The zero-order valence-corrected chi connectivity index (χ0v) is 14.3. The van der Waals surface area contributed by atoms with Crippen molar-refractivity contribution < 1.29 is 9.59 Å². The molecule has 0 spiro atoms. The second-order valence-electron chi connectivity index (χ2n) is 5.12. The average molecular weight is 380 g/mol.